The van der Waals surface area contributed by atoms with Gasteiger partial charge in [-0.05, 0) is 122 Å². The minimum atomic E-state index is -0.0800. The highest BCUT2D eigenvalue weighted by molar-refractivity contribution is 6.22. The Balaban J connectivity index is 1.10. The molecule has 0 amide bonds. The first-order valence-electron chi connectivity index (χ1n) is 18.7. The van der Waals surface area contributed by atoms with Gasteiger partial charge in [-0.1, -0.05) is 184 Å². The lowest BCUT2D eigenvalue weighted by molar-refractivity contribution is 0.666. The van der Waals surface area contributed by atoms with Crippen LogP contribution in [-0.4, -0.2) is 0 Å². The molecular formula is C53H36. The van der Waals surface area contributed by atoms with Gasteiger partial charge in [0.15, 0.2) is 0 Å². The molecule has 0 atom stereocenters. The quantitative estimate of drug-likeness (QED) is 0.129. The molecule has 0 fully saturated rings. The maximum Gasteiger partial charge on any atom is 0.0165 e. The van der Waals surface area contributed by atoms with Gasteiger partial charge in [0, 0.05) is 5.41 Å². The van der Waals surface area contributed by atoms with Crippen LogP contribution in [0.25, 0.3) is 98.4 Å². The zero-order valence-electron chi connectivity index (χ0n) is 29.8. The Bertz CT molecular complexity index is 3060. The van der Waals surface area contributed by atoms with Crippen molar-refractivity contribution in [3.63, 3.8) is 0 Å². The lowest BCUT2D eigenvalue weighted by atomic mass is 9.80. The maximum atomic E-state index is 2.47. The van der Waals surface area contributed by atoms with Crippen LogP contribution in [0.4, 0.5) is 0 Å². The largest absolute Gasteiger partial charge is 0.0616 e. The van der Waals surface area contributed by atoms with E-state index in [4.69, 9.17) is 0 Å². The highest BCUT2D eigenvalue weighted by atomic mass is 14.4. The summed E-state index contributed by atoms with van der Waals surface area (Å²) in [6.45, 7) is 4.77. The van der Waals surface area contributed by atoms with Crippen molar-refractivity contribution in [2.75, 3.05) is 0 Å². The molecule has 0 heterocycles. The van der Waals surface area contributed by atoms with Crippen molar-refractivity contribution in [1.82, 2.24) is 0 Å². The minimum absolute atomic E-state index is 0.0800. The van der Waals surface area contributed by atoms with Crippen LogP contribution in [0.5, 0.6) is 0 Å². The van der Waals surface area contributed by atoms with Crippen molar-refractivity contribution in [3.8, 4) is 44.5 Å². The third kappa shape index (κ3) is 4.36. The monoisotopic (exact) mass is 672 g/mol. The molecule has 10 aromatic carbocycles. The van der Waals surface area contributed by atoms with Crippen LogP contribution in [0.1, 0.15) is 25.0 Å². The first-order valence-corrected chi connectivity index (χ1v) is 18.7. The smallest absolute Gasteiger partial charge is 0.0165 e. The summed E-state index contributed by atoms with van der Waals surface area (Å²) in [5, 5.41) is 12.9. The molecular weight excluding hydrogens is 637 g/mol. The van der Waals surface area contributed by atoms with Crippen LogP contribution in [0, 0.1) is 0 Å². The zero-order chi connectivity index (χ0) is 35.3. The van der Waals surface area contributed by atoms with Gasteiger partial charge in [-0.3, -0.25) is 0 Å². The van der Waals surface area contributed by atoms with E-state index in [1.165, 1.54) is 109 Å². The van der Waals surface area contributed by atoms with Gasteiger partial charge in [0.1, 0.15) is 0 Å². The molecule has 0 N–H and O–H groups in total. The Morgan fingerprint density at radius 1 is 0.302 bits per heavy atom. The molecule has 0 spiro atoms. The van der Waals surface area contributed by atoms with Crippen molar-refractivity contribution < 1.29 is 0 Å². The van der Waals surface area contributed by atoms with E-state index in [-0.39, 0.29) is 5.41 Å². The molecule has 248 valence electrons. The summed E-state index contributed by atoms with van der Waals surface area (Å²) in [5.74, 6) is 0. The molecule has 0 bridgehead atoms. The van der Waals surface area contributed by atoms with E-state index in [0.29, 0.717) is 0 Å². The van der Waals surface area contributed by atoms with Gasteiger partial charge in [-0.15, -0.1) is 0 Å². The number of hydrogen-bond acceptors (Lipinski definition) is 0. The standard InChI is InChI=1S/C53H36/c1-53(2)49-30-28-37(32-48(49)46-29-27-33-13-3-6-16-39(33)52(46)53)51-44-21-11-9-19-42(44)50(43-20-10-12-22-45(43)51)35-25-23-34(24-26-35)47-31-36-14-4-5-15-38(36)40-17-7-8-18-41(40)47/h3-32H,1-2H3. The number of hydrogen-bond donors (Lipinski definition) is 0. The molecule has 0 saturated heterocycles. The fraction of sp³-hybridized carbons (Fsp3) is 0.0566. The fourth-order valence-corrected chi connectivity index (χ4v) is 9.63. The molecule has 1 aliphatic carbocycles. The maximum absolute atomic E-state index is 2.47. The van der Waals surface area contributed by atoms with Crippen LogP contribution < -0.4 is 0 Å². The molecule has 0 aliphatic heterocycles. The lowest BCUT2D eigenvalue weighted by Gasteiger charge is -2.23. The minimum Gasteiger partial charge on any atom is -0.0616 e. The summed E-state index contributed by atoms with van der Waals surface area (Å²) in [7, 11) is 0. The van der Waals surface area contributed by atoms with Gasteiger partial charge in [-0.2, -0.15) is 0 Å². The Kier molecular flexibility index (Phi) is 6.40. The SMILES string of the molecule is CC1(C)c2ccc(-c3c4ccccc4c(-c4ccc(-c5cc6ccccc6c6ccccc56)cc4)c4ccccc34)cc2-c2ccc3ccccc3c21. The average molecular weight is 673 g/mol. The normalized spacial score (nSPS) is 13.2. The van der Waals surface area contributed by atoms with Gasteiger partial charge in [0.05, 0.1) is 0 Å². The van der Waals surface area contributed by atoms with Gasteiger partial charge < -0.3 is 0 Å². The Morgan fingerprint density at radius 2 is 0.792 bits per heavy atom. The third-order valence-corrected chi connectivity index (χ3v) is 12.0. The summed E-state index contributed by atoms with van der Waals surface area (Å²) < 4.78 is 0. The lowest BCUT2D eigenvalue weighted by Crippen LogP contribution is -2.15. The van der Waals surface area contributed by atoms with Crippen molar-refractivity contribution in [2.45, 2.75) is 19.3 Å². The molecule has 1 aliphatic rings. The predicted octanol–water partition coefficient (Wildman–Crippen LogP) is 14.8. The topological polar surface area (TPSA) is 0 Å². The van der Waals surface area contributed by atoms with Crippen LogP contribution in [0.15, 0.2) is 182 Å². The number of benzene rings is 10. The van der Waals surface area contributed by atoms with Crippen molar-refractivity contribution in [3.05, 3.63) is 193 Å². The van der Waals surface area contributed by atoms with Crippen molar-refractivity contribution in [1.29, 1.82) is 0 Å². The molecule has 53 heavy (non-hydrogen) atoms. The van der Waals surface area contributed by atoms with Crippen molar-refractivity contribution >= 4 is 53.9 Å². The van der Waals surface area contributed by atoms with E-state index in [2.05, 4.69) is 196 Å². The molecule has 0 heteroatoms. The third-order valence-electron chi connectivity index (χ3n) is 12.0. The van der Waals surface area contributed by atoms with Gasteiger partial charge in [0.2, 0.25) is 0 Å². The summed E-state index contributed by atoms with van der Waals surface area (Å²) in [6.07, 6.45) is 0. The van der Waals surface area contributed by atoms with E-state index in [9.17, 15) is 0 Å². The zero-order valence-corrected chi connectivity index (χ0v) is 29.8. The van der Waals surface area contributed by atoms with Crippen molar-refractivity contribution in [2.24, 2.45) is 0 Å². The molecule has 10 aromatic rings. The van der Waals surface area contributed by atoms with Crippen LogP contribution in [-0.2, 0) is 5.41 Å². The van der Waals surface area contributed by atoms with Gasteiger partial charge >= 0.3 is 0 Å². The van der Waals surface area contributed by atoms with E-state index in [1.54, 1.807) is 0 Å². The molecule has 0 saturated carbocycles. The summed E-state index contributed by atoms with van der Waals surface area (Å²) >= 11 is 0. The Labute approximate surface area is 309 Å². The predicted molar refractivity (Wildman–Crippen MR) is 228 cm³/mol. The van der Waals surface area contributed by atoms with E-state index in [1.807, 2.05) is 0 Å². The van der Waals surface area contributed by atoms with E-state index in [0.717, 1.165) is 0 Å². The summed E-state index contributed by atoms with van der Waals surface area (Å²) in [5.41, 5.74) is 13.0. The average Bonchev–Trinajstić information content (AvgIpc) is 3.45. The molecule has 0 nitrogen and oxygen atoms in total. The first-order chi connectivity index (χ1) is 26.1. The molecule has 0 radical (unpaired) electrons. The Morgan fingerprint density at radius 3 is 1.45 bits per heavy atom. The van der Waals surface area contributed by atoms with E-state index < -0.39 is 0 Å². The number of fused-ring (bicyclic) bond motifs is 10. The van der Waals surface area contributed by atoms with Gasteiger partial charge in [-0.25, -0.2) is 0 Å². The highest BCUT2D eigenvalue weighted by Gasteiger charge is 2.37. The molecule has 0 unspecified atom stereocenters. The second kappa shape index (κ2) is 11.2. The highest BCUT2D eigenvalue weighted by Crippen LogP contribution is 2.53. The first kappa shape index (κ1) is 30.2. The molecule has 0 aromatic heterocycles. The van der Waals surface area contributed by atoms with Crippen LogP contribution in [0.2, 0.25) is 0 Å². The van der Waals surface area contributed by atoms with Crippen LogP contribution >= 0.6 is 0 Å². The van der Waals surface area contributed by atoms with Gasteiger partial charge in [0.25, 0.3) is 0 Å². The van der Waals surface area contributed by atoms with Crippen LogP contribution in [0.3, 0.4) is 0 Å². The summed E-state index contributed by atoms with van der Waals surface area (Å²) in [6, 6.07) is 67.9. The fourth-order valence-electron chi connectivity index (χ4n) is 9.63. The summed E-state index contributed by atoms with van der Waals surface area (Å²) in [4.78, 5) is 0. The Hall–Kier alpha value is -6.50. The number of rotatable bonds is 3. The van der Waals surface area contributed by atoms with E-state index >= 15 is 0 Å². The second-order valence-electron chi connectivity index (χ2n) is 15.2. The second-order valence-corrected chi connectivity index (χ2v) is 15.2. The molecule has 11 rings (SSSR count).